The SMILES string of the molecule is C[C@@H]1CSNC(=O)c2ccc3c(c2)N(C[C@@H]2CC[C@H]2[C@@H](O)/C=C\[C@@H]1C)C[C@@]1(CCCc2cc(Cl)ccc21)CO3. The number of benzene rings is 2. The van der Waals surface area contributed by atoms with Crippen LogP contribution in [0.3, 0.4) is 0 Å². The molecular weight excluding hydrogens is 528 g/mol. The maximum absolute atomic E-state index is 13.2. The molecule has 2 aliphatic carbocycles. The van der Waals surface area contributed by atoms with Gasteiger partial charge in [0.15, 0.2) is 0 Å². The van der Waals surface area contributed by atoms with E-state index in [0.717, 1.165) is 67.4 Å². The second-order valence-corrected chi connectivity index (χ2v) is 13.5. The molecule has 6 atom stereocenters. The molecule has 0 aromatic heterocycles. The minimum Gasteiger partial charge on any atom is -0.490 e. The fourth-order valence-corrected chi connectivity index (χ4v) is 7.97. The molecule has 1 amide bonds. The lowest BCUT2D eigenvalue weighted by Gasteiger charge is -2.45. The van der Waals surface area contributed by atoms with Gasteiger partial charge in [-0.15, -0.1) is 0 Å². The lowest BCUT2D eigenvalue weighted by Crippen LogP contribution is -2.49. The van der Waals surface area contributed by atoms with Crippen molar-refractivity contribution >= 4 is 35.1 Å². The molecule has 0 saturated heterocycles. The van der Waals surface area contributed by atoms with Gasteiger partial charge in [-0.3, -0.25) is 9.52 Å². The number of carbonyl (C=O) groups excluding carboxylic acids is 1. The summed E-state index contributed by atoms with van der Waals surface area (Å²) in [7, 11) is 0. The molecular formula is C32H39ClN2O3S. The minimum absolute atomic E-state index is 0.0706. The first kappa shape index (κ1) is 27.0. The molecule has 1 fully saturated rings. The van der Waals surface area contributed by atoms with E-state index >= 15 is 0 Å². The summed E-state index contributed by atoms with van der Waals surface area (Å²) in [6.07, 6.45) is 9.08. The number of nitrogens with one attached hydrogen (secondary N) is 1. The molecule has 4 aliphatic rings. The number of carbonyl (C=O) groups is 1. The molecule has 2 aromatic rings. The predicted molar refractivity (Wildman–Crippen MR) is 160 cm³/mol. The first-order valence-corrected chi connectivity index (χ1v) is 15.8. The molecule has 0 unspecified atom stereocenters. The lowest BCUT2D eigenvalue weighted by atomic mass is 9.68. The highest BCUT2D eigenvalue weighted by molar-refractivity contribution is 7.97. The maximum atomic E-state index is 13.2. The number of hydrogen-bond acceptors (Lipinski definition) is 5. The second kappa shape index (κ2) is 11.0. The molecule has 39 heavy (non-hydrogen) atoms. The third-order valence-corrected chi connectivity index (χ3v) is 10.9. The summed E-state index contributed by atoms with van der Waals surface area (Å²) in [6.45, 7) is 6.64. The Morgan fingerprint density at radius 3 is 2.85 bits per heavy atom. The van der Waals surface area contributed by atoms with E-state index in [1.54, 1.807) is 0 Å². The van der Waals surface area contributed by atoms with Gasteiger partial charge in [0, 0.05) is 34.8 Å². The van der Waals surface area contributed by atoms with Gasteiger partial charge in [0.1, 0.15) is 5.75 Å². The summed E-state index contributed by atoms with van der Waals surface area (Å²) in [6, 6.07) is 12.2. The average molecular weight is 567 g/mol. The minimum atomic E-state index is -0.431. The molecule has 2 aliphatic heterocycles. The Labute approximate surface area is 241 Å². The molecule has 2 aromatic carbocycles. The van der Waals surface area contributed by atoms with Crippen molar-refractivity contribution in [3.8, 4) is 5.75 Å². The van der Waals surface area contributed by atoms with Crippen LogP contribution in [-0.4, -0.2) is 42.6 Å². The fourth-order valence-electron chi connectivity index (χ4n) is 6.88. The van der Waals surface area contributed by atoms with E-state index in [-0.39, 0.29) is 17.2 Å². The predicted octanol–water partition coefficient (Wildman–Crippen LogP) is 6.42. The Kier molecular flexibility index (Phi) is 7.64. The number of hydrogen-bond donors (Lipinski definition) is 2. The van der Waals surface area contributed by atoms with Crippen LogP contribution in [0.5, 0.6) is 5.75 Å². The number of allylic oxidation sites excluding steroid dienone is 1. The van der Waals surface area contributed by atoms with Crippen molar-refractivity contribution in [1.82, 2.24) is 4.72 Å². The molecule has 5 nitrogen and oxygen atoms in total. The van der Waals surface area contributed by atoms with Crippen LogP contribution in [0.4, 0.5) is 5.69 Å². The summed E-state index contributed by atoms with van der Waals surface area (Å²) in [5.41, 5.74) is 4.14. The van der Waals surface area contributed by atoms with Crippen molar-refractivity contribution in [3.63, 3.8) is 0 Å². The van der Waals surface area contributed by atoms with E-state index in [1.165, 1.54) is 23.1 Å². The number of rotatable bonds is 0. The summed E-state index contributed by atoms with van der Waals surface area (Å²) in [5.74, 6) is 2.91. The monoisotopic (exact) mass is 566 g/mol. The van der Waals surface area contributed by atoms with Gasteiger partial charge in [0.2, 0.25) is 0 Å². The quantitative estimate of drug-likeness (QED) is 0.285. The van der Waals surface area contributed by atoms with Crippen molar-refractivity contribution in [2.75, 3.05) is 30.3 Å². The Morgan fingerprint density at radius 2 is 2.03 bits per heavy atom. The third-order valence-electron chi connectivity index (χ3n) is 9.69. The number of aryl methyl sites for hydroxylation is 1. The summed E-state index contributed by atoms with van der Waals surface area (Å²) in [4.78, 5) is 15.6. The number of amides is 1. The zero-order valence-corrected chi connectivity index (χ0v) is 24.4. The average Bonchev–Trinajstić information content (AvgIpc) is 3.06. The molecule has 1 spiro atoms. The van der Waals surface area contributed by atoms with E-state index in [4.69, 9.17) is 16.3 Å². The van der Waals surface area contributed by atoms with Crippen molar-refractivity contribution in [3.05, 3.63) is 70.3 Å². The maximum Gasteiger partial charge on any atom is 0.261 e. The van der Waals surface area contributed by atoms with Crippen LogP contribution in [0.2, 0.25) is 5.02 Å². The van der Waals surface area contributed by atoms with Gasteiger partial charge in [-0.2, -0.15) is 0 Å². The topological polar surface area (TPSA) is 61.8 Å². The smallest absolute Gasteiger partial charge is 0.261 e. The summed E-state index contributed by atoms with van der Waals surface area (Å²) in [5, 5.41) is 11.9. The first-order valence-electron chi connectivity index (χ1n) is 14.4. The summed E-state index contributed by atoms with van der Waals surface area (Å²) < 4.78 is 9.64. The Morgan fingerprint density at radius 1 is 1.15 bits per heavy atom. The van der Waals surface area contributed by atoms with Crippen LogP contribution in [0.1, 0.15) is 61.0 Å². The highest BCUT2D eigenvalue weighted by atomic mass is 35.5. The van der Waals surface area contributed by atoms with Gasteiger partial charge >= 0.3 is 0 Å². The zero-order chi connectivity index (χ0) is 27.1. The Balaban J connectivity index is 1.39. The van der Waals surface area contributed by atoms with Crippen molar-refractivity contribution in [1.29, 1.82) is 0 Å². The van der Waals surface area contributed by atoms with E-state index in [2.05, 4.69) is 41.7 Å². The first-order chi connectivity index (χ1) is 18.8. The van der Waals surface area contributed by atoms with Crippen LogP contribution in [0.15, 0.2) is 48.6 Å². The van der Waals surface area contributed by atoms with Crippen molar-refractivity contribution in [2.45, 2.75) is 57.5 Å². The van der Waals surface area contributed by atoms with E-state index in [9.17, 15) is 9.90 Å². The Hall–Kier alpha value is -2.15. The van der Waals surface area contributed by atoms with Gasteiger partial charge in [0.05, 0.1) is 18.4 Å². The van der Waals surface area contributed by atoms with Crippen LogP contribution < -0.4 is 14.4 Å². The molecule has 208 valence electrons. The number of ether oxygens (including phenoxy) is 1. The van der Waals surface area contributed by atoms with Gasteiger partial charge in [-0.25, -0.2) is 0 Å². The number of anilines is 1. The van der Waals surface area contributed by atoms with Crippen molar-refractivity contribution in [2.24, 2.45) is 23.7 Å². The molecule has 1 saturated carbocycles. The standard InChI is InChI=1S/C32H39ClN2O3S/c1-20-5-11-29(36)26-9-6-24(26)16-35-18-32(13-3-4-22-14-25(33)8-10-27(22)32)19-38-30-12-7-23(15-28(30)35)31(37)34-39-17-21(20)2/h5,7-8,10-12,14-15,20-21,24,26,29,36H,3-4,6,9,13,16-19H2,1-2H3,(H,34,37)/b11-5-/t20-,21+,24-,26+,29-,32-/m0/s1. The fraction of sp³-hybridized carbons (Fsp3) is 0.531. The summed E-state index contributed by atoms with van der Waals surface area (Å²) >= 11 is 7.86. The van der Waals surface area contributed by atoms with Gasteiger partial charge in [-0.05, 0) is 109 Å². The number of aliphatic hydroxyl groups is 1. The van der Waals surface area contributed by atoms with Crippen molar-refractivity contribution < 1.29 is 14.6 Å². The van der Waals surface area contributed by atoms with Crippen LogP contribution >= 0.6 is 23.5 Å². The molecule has 0 radical (unpaired) electrons. The number of halogens is 1. The molecule has 6 rings (SSSR count). The normalized spacial score (nSPS) is 33.6. The number of nitrogens with zero attached hydrogens (tertiary/aromatic N) is 1. The van der Waals surface area contributed by atoms with Crippen LogP contribution in [0.25, 0.3) is 0 Å². The van der Waals surface area contributed by atoms with E-state index in [0.29, 0.717) is 29.9 Å². The Bertz CT molecular complexity index is 1270. The number of aliphatic hydroxyl groups excluding tert-OH is 1. The van der Waals surface area contributed by atoms with Gasteiger partial charge in [0.25, 0.3) is 5.91 Å². The van der Waals surface area contributed by atoms with Crippen LogP contribution in [0, 0.1) is 23.7 Å². The zero-order valence-electron chi connectivity index (χ0n) is 22.9. The highest BCUT2D eigenvalue weighted by Gasteiger charge is 2.44. The third kappa shape index (κ3) is 5.32. The molecule has 7 heteroatoms. The molecule has 2 heterocycles. The van der Waals surface area contributed by atoms with Crippen LogP contribution in [-0.2, 0) is 11.8 Å². The van der Waals surface area contributed by atoms with Gasteiger partial charge in [-0.1, -0.05) is 43.7 Å². The lowest BCUT2D eigenvalue weighted by molar-refractivity contribution is 0.0454. The highest BCUT2D eigenvalue weighted by Crippen LogP contribution is 2.46. The van der Waals surface area contributed by atoms with Gasteiger partial charge < -0.3 is 14.7 Å². The molecule has 2 N–H and O–H groups in total. The van der Waals surface area contributed by atoms with E-state index in [1.807, 2.05) is 30.3 Å². The second-order valence-electron chi connectivity index (χ2n) is 12.2. The van der Waals surface area contributed by atoms with E-state index < -0.39 is 6.10 Å². The number of fused-ring (bicyclic) bond motifs is 4. The molecule has 2 bridgehead atoms. The largest absolute Gasteiger partial charge is 0.490 e.